The monoisotopic (exact) mass is 300 g/mol. The third-order valence-electron chi connectivity index (χ3n) is 4.15. The van der Waals surface area contributed by atoms with E-state index in [0.29, 0.717) is 19.6 Å². The third-order valence-corrected chi connectivity index (χ3v) is 4.15. The van der Waals surface area contributed by atoms with Gasteiger partial charge in [-0.15, -0.1) is 0 Å². The first-order chi connectivity index (χ1) is 10.0. The number of hydrogen-bond donors (Lipinski definition) is 3. The number of rotatable bonds is 9. The predicted molar refractivity (Wildman–Crippen MR) is 80.3 cm³/mol. The molecule has 6 heteroatoms. The van der Waals surface area contributed by atoms with Gasteiger partial charge < -0.3 is 20.5 Å². The SMILES string of the molecule is CCCCOCCCNC(=O)NC1CCCC1(C)C(=O)O. The van der Waals surface area contributed by atoms with Crippen molar-refractivity contribution in [3.05, 3.63) is 0 Å². The Labute approximate surface area is 126 Å². The van der Waals surface area contributed by atoms with Gasteiger partial charge in [-0.1, -0.05) is 19.8 Å². The summed E-state index contributed by atoms with van der Waals surface area (Å²) in [6.45, 7) is 5.75. The van der Waals surface area contributed by atoms with Gasteiger partial charge in [-0.2, -0.15) is 0 Å². The summed E-state index contributed by atoms with van der Waals surface area (Å²) in [6.07, 6.45) is 5.10. The molecule has 0 spiro atoms. The molecule has 0 aromatic heterocycles. The Kier molecular flexibility index (Phi) is 7.50. The van der Waals surface area contributed by atoms with E-state index in [2.05, 4.69) is 17.6 Å². The minimum absolute atomic E-state index is 0.289. The maximum absolute atomic E-state index is 11.8. The molecule has 3 N–H and O–H groups in total. The van der Waals surface area contributed by atoms with Gasteiger partial charge in [0.05, 0.1) is 5.41 Å². The summed E-state index contributed by atoms with van der Waals surface area (Å²) >= 11 is 0. The standard InChI is InChI=1S/C15H28N2O4/c1-3-4-10-21-11-6-9-16-14(20)17-12-7-5-8-15(12,2)13(18)19/h12H,3-11H2,1-2H3,(H,18,19)(H2,16,17,20). The second-order valence-electron chi connectivity index (χ2n) is 5.89. The minimum atomic E-state index is -0.847. The summed E-state index contributed by atoms with van der Waals surface area (Å²) in [7, 11) is 0. The number of hydrogen-bond acceptors (Lipinski definition) is 3. The molecular weight excluding hydrogens is 272 g/mol. The lowest BCUT2D eigenvalue weighted by molar-refractivity contribution is -0.148. The highest BCUT2D eigenvalue weighted by Crippen LogP contribution is 2.38. The summed E-state index contributed by atoms with van der Waals surface area (Å²) in [4.78, 5) is 23.1. The average Bonchev–Trinajstić information content (AvgIpc) is 2.80. The van der Waals surface area contributed by atoms with E-state index in [9.17, 15) is 14.7 Å². The van der Waals surface area contributed by atoms with Crippen LogP contribution in [0.2, 0.25) is 0 Å². The largest absolute Gasteiger partial charge is 0.481 e. The van der Waals surface area contributed by atoms with Gasteiger partial charge in [0.2, 0.25) is 0 Å². The molecule has 0 aromatic rings. The molecule has 6 nitrogen and oxygen atoms in total. The topological polar surface area (TPSA) is 87.7 Å². The highest BCUT2D eigenvalue weighted by molar-refractivity contribution is 5.79. The van der Waals surface area contributed by atoms with Crippen LogP contribution >= 0.6 is 0 Å². The van der Waals surface area contributed by atoms with Crippen molar-refractivity contribution in [2.24, 2.45) is 5.41 Å². The number of carbonyl (C=O) groups is 2. The second-order valence-corrected chi connectivity index (χ2v) is 5.89. The molecule has 1 saturated carbocycles. The van der Waals surface area contributed by atoms with Crippen LogP contribution in [-0.4, -0.2) is 42.9 Å². The van der Waals surface area contributed by atoms with Crippen LogP contribution < -0.4 is 10.6 Å². The molecule has 21 heavy (non-hydrogen) atoms. The number of nitrogens with one attached hydrogen (secondary N) is 2. The van der Waals surface area contributed by atoms with E-state index in [1.54, 1.807) is 6.92 Å². The lowest BCUT2D eigenvalue weighted by Crippen LogP contribution is -2.50. The van der Waals surface area contributed by atoms with Gasteiger partial charge in [-0.05, 0) is 32.6 Å². The molecule has 122 valence electrons. The van der Waals surface area contributed by atoms with Gasteiger partial charge in [-0.3, -0.25) is 4.79 Å². The van der Waals surface area contributed by atoms with Crippen LogP contribution in [0.5, 0.6) is 0 Å². The first kappa shape index (κ1) is 17.8. The first-order valence-corrected chi connectivity index (χ1v) is 7.86. The van der Waals surface area contributed by atoms with E-state index >= 15 is 0 Å². The zero-order valence-electron chi connectivity index (χ0n) is 13.1. The highest BCUT2D eigenvalue weighted by atomic mass is 16.5. The van der Waals surface area contributed by atoms with Crippen molar-refractivity contribution in [2.45, 2.75) is 58.4 Å². The molecule has 0 aliphatic heterocycles. The van der Waals surface area contributed by atoms with E-state index in [4.69, 9.17) is 4.74 Å². The molecular formula is C15H28N2O4. The number of amides is 2. The number of unbranched alkanes of at least 4 members (excludes halogenated alkanes) is 1. The molecule has 0 heterocycles. The van der Waals surface area contributed by atoms with E-state index < -0.39 is 11.4 Å². The summed E-state index contributed by atoms with van der Waals surface area (Å²) in [5, 5.41) is 14.8. The van der Waals surface area contributed by atoms with Crippen molar-refractivity contribution < 1.29 is 19.4 Å². The van der Waals surface area contributed by atoms with Crippen molar-refractivity contribution in [3.8, 4) is 0 Å². The van der Waals surface area contributed by atoms with Crippen LogP contribution in [0.4, 0.5) is 4.79 Å². The smallest absolute Gasteiger partial charge is 0.315 e. The lowest BCUT2D eigenvalue weighted by Gasteiger charge is -2.27. The van der Waals surface area contributed by atoms with Crippen LogP contribution in [0.25, 0.3) is 0 Å². The van der Waals surface area contributed by atoms with Crippen molar-refractivity contribution >= 4 is 12.0 Å². The molecule has 0 radical (unpaired) electrons. The summed E-state index contributed by atoms with van der Waals surface area (Å²) in [6, 6.07) is -0.585. The van der Waals surface area contributed by atoms with E-state index in [-0.39, 0.29) is 12.1 Å². The van der Waals surface area contributed by atoms with E-state index in [1.165, 1.54) is 0 Å². The van der Waals surface area contributed by atoms with E-state index in [0.717, 1.165) is 38.7 Å². The third kappa shape index (κ3) is 5.53. The van der Waals surface area contributed by atoms with Gasteiger partial charge in [0.15, 0.2) is 0 Å². The Morgan fingerprint density at radius 3 is 2.71 bits per heavy atom. The molecule has 2 unspecified atom stereocenters. The summed E-state index contributed by atoms with van der Waals surface area (Å²) < 4.78 is 5.40. The Hall–Kier alpha value is -1.30. The van der Waals surface area contributed by atoms with Crippen molar-refractivity contribution in [2.75, 3.05) is 19.8 Å². The number of carbonyl (C=O) groups excluding carboxylic acids is 1. The van der Waals surface area contributed by atoms with Crippen LogP contribution in [0.15, 0.2) is 0 Å². The minimum Gasteiger partial charge on any atom is -0.481 e. The summed E-state index contributed by atoms with van der Waals surface area (Å²) in [5.74, 6) is -0.838. The number of ether oxygens (including phenoxy) is 1. The number of urea groups is 1. The second kappa shape index (κ2) is 8.87. The Morgan fingerprint density at radius 2 is 2.05 bits per heavy atom. The molecule has 1 aliphatic rings. The van der Waals surface area contributed by atoms with Crippen LogP contribution in [0.1, 0.15) is 52.4 Å². The molecule has 0 saturated heterocycles. The van der Waals surface area contributed by atoms with Gasteiger partial charge in [0.25, 0.3) is 0 Å². The quantitative estimate of drug-likeness (QED) is 0.569. The summed E-state index contributed by atoms with van der Waals surface area (Å²) in [5.41, 5.74) is -0.847. The maximum atomic E-state index is 11.8. The number of aliphatic carboxylic acids is 1. The Bertz CT molecular complexity index is 349. The van der Waals surface area contributed by atoms with Crippen LogP contribution in [0, 0.1) is 5.41 Å². The average molecular weight is 300 g/mol. The zero-order chi connectivity index (χ0) is 15.7. The molecule has 1 rings (SSSR count). The van der Waals surface area contributed by atoms with Crippen molar-refractivity contribution in [3.63, 3.8) is 0 Å². The molecule has 1 fully saturated rings. The van der Waals surface area contributed by atoms with Crippen LogP contribution in [-0.2, 0) is 9.53 Å². The van der Waals surface area contributed by atoms with Gasteiger partial charge in [0.1, 0.15) is 0 Å². The van der Waals surface area contributed by atoms with Gasteiger partial charge in [0, 0.05) is 25.8 Å². The number of carboxylic acid groups (broad SMARTS) is 1. The van der Waals surface area contributed by atoms with Gasteiger partial charge >= 0.3 is 12.0 Å². The first-order valence-electron chi connectivity index (χ1n) is 7.86. The Morgan fingerprint density at radius 1 is 1.33 bits per heavy atom. The lowest BCUT2D eigenvalue weighted by atomic mass is 9.85. The van der Waals surface area contributed by atoms with Crippen LogP contribution in [0.3, 0.4) is 0 Å². The fourth-order valence-corrected chi connectivity index (χ4v) is 2.59. The molecule has 0 bridgehead atoms. The van der Waals surface area contributed by atoms with E-state index in [1.807, 2.05) is 0 Å². The molecule has 2 atom stereocenters. The normalized spacial score (nSPS) is 24.8. The predicted octanol–water partition coefficient (Wildman–Crippen LogP) is 2.14. The maximum Gasteiger partial charge on any atom is 0.315 e. The fourth-order valence-electron chi connectivity index (χ4n) is 2.59. The molecule has 1 aliphatic carbocycles. The number of carboxylic acids is 1. The molecule has 2 amide bonds. The molecule has 0 aromatic carbocycles. The zero-order valence-corrected chi connectivity index (χ0v) is 13.1. The van der Waals surface area contributed by atoms with Crippen molar-refractivity contribution in [1.82, 2.24) is 10.6 Å². The Balaban J connectivity index is 2.17. The highest BCUT2D eigenvalue weighted by Gasteiger charge is 2.45. The van der Waals surface area contributed by atoms with Gasteiger partial charge in [-0.25, -0.2) is 4.79 Å². The van der Waals surface area contributed by atoms with Crippen molar-refractivity contribution in [1.29, 1.82) is 0 Å². The fraction of sp³-hybridized carbons (Fsp3) is 0.867.